The second kappa shape index (κ2) is 14.7. The lowest BCUT2D eigenvalue weighted by Crippen LogP contribution is -2.52. The molecule has 5 heterocycles. The fraction of sp³-hybridized carbons (Fsp3) is 0.606. The average molecular weight is 711 g/mol. The first kappa shape index (κ1) is 34.6. The van der Waals surface area contributed by atoms with Crippen molar-refractivity contribution >= 4 is 52.3 Å². The first-order chi connectivity index (χ1) is 23.0. The summed E-state index contributed by atoms with van der Waals surface area (Å²) in [5.41, 5.74) is 0.883. The van der Waals surface area contributed by atoms with E-state index in [1.165, 1.54) is 30.9 Å². The van der Waals surface area contributed by atoms with Gasteiger partial charge in [0.05, 0.1) is 22.0 Å². The molecule has 0 unspecified atom stereocenters. The van der Waals surface area contributed by atoms with Gasteiger partial charge in [0, 0.05) is 63.7 Å². The quantitative estimate of drug-likeness (QED) is 0.358. The third kappa shape index (κ3) is 7.65. The van der Waals surface area contributed by atoms with Gasteiger partial charge in [0.1, 0.15) is 0 Å². The monoisotopic (exact) mass is 710 g/mol. The maximum Gasteiger partial charge on any atom is 0.418 e. The van der Waals surface area contributed by atoms with Gasteiger partial charge in [-0.15, -0.1) is 11.3 Å². The maximum atomic E-state index is 14.0. The highest BCUT2D eigenvalue weighted by Gasteiger charge is 2.38. The molecule has 15 heteroatoms. The normalized spacial score (nSPS) is 20.7. The highest BCUT2D eigenvalue weighted by Crippen LogP contribution is 2.40. The van der Waals surface area contributed by atoms with Crippen molar-refractivity contribution < 1.29 is 32.3 Å². The minimum atomic E-state index is -4.69. The van der Waals surface area contributed by atoms with Gasteiger partial charge in [0.2, 0.25) is 0 Å². The molecule has 4 aliphatic rings. The number of piperidine rings is 2. The molecule has 0 spiro atoms. The third-order valence-electron chi connectivity index (χ3n) is 10.1. The molecule has 4 aliphatic heterocycles. The first-order valence-electron chi connectivity index (χ1n) is 16.7. The first-order valence-corrected chi connectivity index (χ1v) is 18.0. The van der Waals surface area contributed by atoms with Gasteiger partial charge in [-0.1, -0.05) is 11.6 Å². The molecule has 1 atom stereocenters. The van der Waals surface area contributed by atoms with E-state index in [1.54, 1.807) is 16.2 Å². The van der Waals surface area contributed by atoms with Crippen LogP contribution >= 0.6 is 22.9 Å². The summed E-state index contributed by atoms with van der Waals surface area (Å²) in [6.45, 7) is 4.28. The van der Waals surface area contributed by atoms with E-state index in [2.05, 4.69) is 15.5 Å². The number of anilines is 2. The van der Waals surface area contributed by atoms with Gasteiger partial charge < -0.3 is 35.0 Å². The van der Waals surface area contributed by atoms with Gasteiger partial charge in [0.15, 0.2) is 6.10 Å². The number of thiophene rings is 1. The Hall–Kier alpha value is -3.23. The van der Waals surface area contributed by atoms with Gasteiger partial charge >= 0.3 is 18.3 Å². The van der Waals surface area contributed by atoms with Crippen molar-refractivity contribution in [1.82, 2.24) is 19.6 Å². The fourth-order valence-corrected chi connectivity index (χ4v) is 8.63. The van der Waals surface area contributed by atoms with Gasteiger partial charge in [-0.05, 0) is 86.7 Å². The van der Waals surface area contributed by atoms with Crippen LogP contribution in [0.4, 0.5) is 34.1 Å². The second-order valence-electron chi connectivity index (χ2n) is 13.0. The summed E-state index contributed by atoms with van der Waals surface area (Å²) in [5, 5.41) is 9.32. The molecule has 262 valence electrons. The van der Waals surface area contributed by atoms with Gasteiger partial charge in [-0.25, -0.2) is 9.59 Å². The number of alkyl halides is 3. The maximum absolute atomic E-state index is 14.0. The number of nitrogens with one attached hydrogen (secondary N) is 2. The topological polar surface area (TPSA) is 97.5 Å². The van der Waals surface area contributed by atoms with Crippen LogP contribution in [0.15, 0.2) is 22.9 Å². The van der Waals surface area contributed by atoms with Crippen molar-refractivity contribution in [3.8, 4) is 0 Å². The summed E-state index contributed by atoms with van der Waals surface area (Å²) >= 11 is 7.82. The number of benzene rings is 1. The van der Waals surface area contributed by atoms with E-state index < -0.39 is 29.8 Å². The van der Waals surface area contributed by atoms with E-state index in [4.69, 9.17) is 16.3 Å². The number of fused-ring (bicyclic) bond motifs is 1. The van der Waals surface area contributed by atoms with E-state index in [-0.39, 0.29) is 34.8 Å². The van der Waals surface area contributed by atoms with E-state index >= 15 is 0 Å². The Kier molecular flexibility index (Phi) is 10.6. The minimum Gasteiger partial charge on any atom is -0.436 e. The summed E-state index contributed by atoms with van der Waals surface area (Å²) in [6, 6.07) is 2.51. The molecular weight excluding hydrogens is 669 g/mol. The summed E-state index contributed by atoms with van der Waals surface area (Å²) in [4.78, 5) is 47.9. The highest BCUT2D eigenvalue weighted by atomic mass is 35.5. The summed E-state index contributed by atoms with van der Waals surface area (Å²) in [7, 11) is 1.36. The summed E-state index contributed by atoms with van der Waals surface area (Å²) in [5.74, 6) is -0.422. The number of rotatable bonds is 7. The summed E-state index contributed by atoms with van der Waals surface area (Å²) < 4.78 is 47.8. The number of halogens is 4. The zero-order valence-corrected chi connectivity index (χ0v) is 28.6. The molecule has 3 fully saturated rings. The van der Waals surface area contributed by atoms with Crippen LogP contribution in [0.5, 0.6) is 0 Å². The van der Waals surface area contributed by atoms with Gasteiger partial charge in [0.25, 0.3) is 5.91 Å². The Labute approximate surface area is 287 Å². The Morgan fingerprint density at radius 1 is 1.00 bits per heavy atom. The molecule has 1 aromatic carbocycles. The van der Waals surface area contributed by atoms with Crippen LogP contribution in [-0.4, -0.2) is 109 Å². The minimum absolute atomic E-state index is 0.0651. The molecule has 2 aromatic rings. The average Bonchev–Trinajstić information content (AvgIpc) is 3.74. The standard InChI is InChI=1S/C33H42ClF3N6O4S/c1-38-29-25(33(35,36)37)16-21(17-26(29)34)18-28(30(44)41-11-5-23(6-12-41)40-9-2-3-10-40)47-32(46)42-13-7-24(8-14-42)43-15-4-22-19-48-20-27(22)39-31(43)45/h16-17,19-20,23-24,28,38H,2-15,18H2,1H3,(H,39,45)/t28-/m1/s1. The largest absolute Gasteiger partial charge is 0.436 e. The van der Waals surface area contributed by atoms with E-state index in [9.17, 15) is 27.6 Å². The van der Waals surface area contributed by atoms with Crippen LogP contribution in [0.1, 0.15) is 55.2 Å². The van der Waals surface area contributed by atoms with Crippen molar-refractivity contribution in [2.24, 2.45) is 0 Å². The number of hydrogen-bond donors (Lipinski definition) is 2. The SMILES string of the molecule is CNc1c(Cl)cc(C[C@@H](OC(=O)N2CCC(N3CCc4cscc4NC3=O)CC2)C(=O)N2CCC(N3CCCC3)CC2)cc1C(F)(F)F. The van der Waals surface area contributed by atoms with Crippen LogP contribution in [0.25, 0.3) is 0 Å². The molecule has 48 heavy (non-hydrogen) atoms. The van der Waals surface area contributed by atoms with Crippen LogP contribution in [0.3, 0.4) is 0 Å². The smallest absolute Gasteiger partial charge is 0.418 e. The molecule has 3 saturated heterocycles. The third-order valence-corrected chi connectivity index (χ3v) is 11.2. The Morgan fingerprint density at radius 2 is 1.67 bits per heavy atom. The lowest BCUT2D eigenvalue weighted by Gasteiger charge is -2.39. The van der Waals surface area contributed by atoms with Crippen molar-refractivity contribution in [2.45, 2.75) is 75.7 Å². The van der Waals surface area contributed by atoms with Crippen LogP contribution in [-0.2, 0) is 28.5 Å². The summed E-state index contributed by atoms with van der Waals surface area (Å²) in [6.07, 6.45) is -1.23. The number of nitrogens with zero attached hydrogens (tertiary/aromatic N) is 4. The van der Waals surface area contributed by atoms with Crippen LogP contribution in [0.2, 0.25) is 5.02 Å². The number of carbonyl (C=O) groups excluding carboxylic acids is 3. The molecule has 0 bridgehead atoms. The molecule has 0 radical (unpaired) electrons. The number of carbonyl (C=O) groups is 3. The Balaban J connectivity index is 1.14. The molecule has 6 rings (SSSR count). The molecule has 0 saturated carbocycles. The van der Waals surface area contributed by atoms with E-state index in [1.807, 2.05) is 15.7 Å². The van der Waals surface area contributed by atoms with E-state index in [0.29, 0.717) is 51.6 Å². The predicted molar refractivity (Wildman–Crippen MR) is 179 cm³/mol. The Bertz CT molecular complexity index is 1490. The van der Waals surface area contributed by atoms with Crippen molar-refractivity contribution in [3.05, 3.63) is 44.6 Å². The molecule has 4 amide bonds. The lowest BCUT2D eigenvalue weighted by molar-refractivity contribution is -0.142. The molecule has 2 N–H and O–H groups in total. The van der Waals surface area contributed by atoms with Gasteiger partial charge in [-0.2, -0.15) is 13.2 Å². The van der Waals surface area contributed by atoms with Crippen molar-refractivity contribution in [3.63, 3.8) is 0 Å². The Morgan fingerprint density at radius 3 is 2.33 bits per heavy atom. The molecule has 10 nitrogen and oxygen atoms in total. The van der Waals surface area contributed by atoms with Crippen LogP contribution in [0, 0.1) is 0 Å². The van der Waals surface area contributed by atoms with Crippen molar-refractivity contribution in [1.29, 1.82) is 0 Å². The zero-order valence-electron chi connectivity index (χ0n) is 27.0. The number of amides is 4. The predicted octanol–water partition coefficient (Wildman–Crippen LogP) is 6.15. The lowest BCUT2D eigenvalue weighted by atomic mass is 10.00. The van der Waals surface area contributed by atoms with Crippen LogP contribution < -0.4 is 10.6 Å². The second-order valence-corrected chi connectivity index (χ2v) is 14.2. The highest BCUT2D eigenvalue weighted by molar-refractivity contribution is 7.08. The van der Waals surface area contributed by atoms with Gasteiger partial charge in [-0.3, -0.25) is 4.79 Å². The van der Waals surface area contributed by atoms with E-state index in [0.717, 1.165) is 49.7 Å². The number of hydrogen-bond acceptors (Lipinski definition) is 7. The number of urea groups is 1. The number of likely N-dealkylation sites (tertiary alicyclic amines) is 3. The fourth-order valence-electron chi connectivity index (χ4n) is 7.47. The molecular formula is C33H42ClF3N6O4S. The van der Waals surface area contributed by atoms with Crippen molar-refractivity contribution in [2.75, 3.05) is 63.5 Å². The molecule has 0 aliphatic carbocycles. The number of ether oxygens (including phenoxy) is 1. The molecule has 1 aromatic heterocycles. The zero-order chi connectivity index (χ0) is 34.0.